The molecular formula is C17H22N4O2S. The Morgan fingerprint density at radius 3 is 3.00 bits per heavy atom. The molecule has 24 heavy (non-hydrogen) atoms. The van der Waals surface area contributed by atoms with Crippen LogP contribution >= 0.6 is 11.3 Å². The van der Waals surface area contributed by atoms with Gasteiger partial charge in [-0.1, -0.05) is 0 Å². The fraction of sp³-hybridized carbons (Fsp3) is 0.471. The predicted molar refractivity (Wildman–Crippen MR) is 94.8 cm³/mol. The van der Waals surface area contributed by atoms with E-state index >= 15 is 0 Å². The van der Waals surface area contributed by atoms with E-state index in [0.29, 0.717) is 12.2 Å². The fourth-order valence-electron chi connectivity index (χ4n) is 2.61. The van der Waals surface area contributed by atoms with E-state index in [2.05, 4.69) is 25.6 Å². The molecule has 128 valence electrons. The second-order valence-corrected chi connectivity index (χ2v) is 6.68. The third kappa shape index (κ3) is 4.52. The molecule has 2 aromatic heterocycles. The van der Waals surface area contributed by atoms with E-state index in [-0.39, 0.29) is 5.91 Å². The predicted octanol–water partition coefficient (Wildman–Crippen LogP) is 2.05. The van der Waals surface area contributed by atoms with Crippen molar-refractivity contribution in [3.05, 3.63) is 40.1 Å². The number of nitrogens with one attached hydrogen (secondary N) is 1. The van der Waals surface area contributed by atoms with Crippen molar-refractivity contribution in [2.24, 2.45) is 0 Å². The number of nitrogens with zero attached hydrogens (tertiary/aromatic N) is 3. The van der Waals surface area contributed by atoms with Gasteiger partial charge in [-0.05, 0) is 25.5 Å². The summed E-state index contributed by atoms with van der Waals surface area (Å²) in [4.78, 5) is 23.1. The van der Waals surface area contributed by atoms with E-state index in [1.807, 2.05) is 19.1 Å². The van der Waals surface area contributed by atoms with Crippen molar-refractivity contribution < 1.29 is 9.53 Å². The molecule has 1 aliphatic heterocycles. The third-order valence-electron chi connectivity index (χ3n) is 3.87. The first-order valence-corrected chi connectivity index (χ1v) is 9.08. The molecule has 7 heteroatoms. The monoisotopic (exact) mass is 346 g/mol. The van der Waals surface area contributed by atoms with Crippen molar-refractivity contribution in [3.63, 3.8) is 0 Å². The van der Waals surface area contributed by atoms with Gasteiger partial charge in [-0.3, -0.25) is 9.78 Å². The van der Waals surface area contributed by atoms with Gasteiger partial charge in [0.05, 0.1) is 18.2 Å². The third-order valence-corrected chi connectivity index (χ3v) is 4.90. The van der Waals surface area contributed by atoms with E-state index in [9.17, 15) is 4.79 Å². The molecule has 1 amide bonds. The summed E-state index contributed by atoms with van der Waals surface area (Å²) >= 11 is 1.67. The van der Waals surface area contributed by atoms with Gasteiger partial charge in [0, 0.05) is 49.0 Å². The van der Waals surface area contributed by atoms with Crippen molar-refractivity contribution in [1.29, 1.82) is 0 Å². The molecule has 1 aliphatic rings. The van der Waals surface area contributed by atoms with E-state index < -0.39 is 0 Å². The lowest BCUT2D eigenvalue weighted by atomic mass is 10.2. The Bertz CT molecular complexity index is 683. The minimum atomic E-state index is -0.125. The van der Waals surface area contributed by atoms with Crippen LogP contribution in [0.15, 0.2) is 23.7 Å². The number of thiazole rings is 1. The van der Waals surface area contributed by atoms with Crippen LogP contribution < -0.4 is 10.2 Å². The highest BCUT2D eigenvalue weighted by molar-refractivity contribution is 7.09. The average Bonchev–Trinajstić information content (AvgIpc) is 3.05. The van der Waals surface area contributed by atoms with Crippen LogP contribution in [0.1, 0.15) is 27.6 Å². The number of aromatic nitrogens is 2. The number of carbonyl (C=O) groups is 1. The number of anilines is 1. The zero-order valence-corrected chi connectivity index (χ0v) is 14.6. The molecule has 0 radical (unpaired) electrons. The number of morpholine rings is 1. The van der Waals surface area contributed by atoms with Gasteiger partial charge in [-0.2, -0.15) is 0 Å². The van der Waals surface area contributed by atoms with Crippen LogP contribution in [0.2, 0.25) is 0 Å². The molecule has 1 fully saturated rings. The van der Waals surface area contributed by atoms with Gasteiger partial charge >= 0.3 is 0 Å². The van der Waals surface area contributed by atoms with Gasteiger partial charge in [-0.25, -0.2) is 4.98 Å². The van der Waals surface area contributed by atoms with Crippen LogP contribution in [0.3, 0.4) is 0 Å². The first kappa shape index (κ1) is 16.9. The summed E-state index contributed by atoms with van der Waals surface area (Å²) < 4.78 is 5.36. The lowest BCUT2D eigenvalue weighted by Crippen LogP contribution is -2.36. The van der Waals surface area contributed by atoms with E-state index in [1.54, 1.807) is 17.5 Å². The largest absolute Gasteiger partial charge is 0.378 e. The van der Waals surface area contributed by atoms with Gasteiger partial charge in [0.2, 0.25) is 0 Å². The number of rotatable bonds is 6. The summed E-state index contributed by atoms with van der Waals surface area (Å²) in [5, 5.41) is 6.11. The van der Waals surface area contributed by atoms with Crippen molar-refractivity contribution in [3.8, 4) is 0 Å². The maximum atomic E-state index is 12.3. The molecule has 0 unspecified atom stereocenters. The SMILES string of the molecule is Cc1csc(CCCNC(=O)c2cc(N3CCOCC3)ccn2)n1. The zero-order chi connectivity index (χ0) is 16.8. The molecule has 2 aromatic rings. The average molecular weight is 346 g/mol. The quantitative estimate of drug-likeness (QED) is 0.811. The summed E-state index contributed by atoms with van der Waals surface area (Å²) in [7, 11) is 0. The van der Waals surface area contributed by atoms with Crippen LogP contribution in [0, 0.1) is 6.92 Å². The van der Waals surface area contributed by atoms with Gasteiger partial charge in [-0.15, -0.1) is 11.3 Å². The van der Waals surface area contributed by atoms with Crippen LogP contribution in [0.4, 0.5) is 5.69 Å². The normalized spacial score (nSPS) is 14.6. The first-order valence-electron chi connectivity index (χ1n) is 8.20. The Hall–Kier alpha value is -1.99. The standard InChI is InChI=1S/C17H22N4O2S/c1-13-12-24-16(20-13)3-2-5-19-17(22)15-11-14(4-6-18-15)21-7-9-23-10-8-21/h4,6,11-12H,2-3,5,7-10H2,1H3,(H,19,22). The highest BCUT2D eigenvalue weighted by Crippen LogP contribution is 2.16. The molecule has 1 saturated heterocycles. The molecule has 3 heterocycles. The molecule has 0 spiro atoms. The lowest BCUT2D eigenvalue weighted by molar-refractivity contribution is 0.0948. The summed E-state index contributed by atoms with van der Waals surface area (Å²) in [6.07, 6.45) is 3.46. The second-order valence-electron chi connectivity index (χ2n) is 5.74. The molecule has 3 rings (SSSR count). The van der Waals surface area contributed by atoms with Crippen LogP contribution in [-0.2, 0) is 11.2 Å². The van der Waals surface area contributed by atoms with Gasteiger partial charge in [0.1, 0.15) is 5.69 Å². The van der Waals surface area contributed by atoms with E-state index in [0.717, 1.165) is 55.5 Å². The lowest BCUT2D eigenvalue weighted by Gasteiger charge is -2.28. The number of carbonyl (C=O) groups excluding carboxylic acids is 1. The van der Waals surface area contributed by atoms with Crippen molar-refractivity contribution in [2.45, 2.75) is 19.8 Å². The topological polar surface area (TPSA) is 67.4 Å². The molecule has 6 nitrogen and oxygen atoms in total. The molecular weight excluding hydrogens is 324 g/mol. The van der Waals surface area contributed by atoms with Crippen molar-refractivity contribution in [1.82, 2.24) is 15.3 Å². The molecule has 0 aromatic carbocycles. The summed E-state index contributed by atoms with van der Waals surface area (Å²) in [5.41, 5.74) is 2.55. The van der Waals surface area contributed by atoms with Gasteiger partial charge in [0.25, 0.3) is 5.91 Å². The number of aryl methyl sites for hydroxylation is 2. The Morgan fingerprint density at radius 1 is 1.42 bits per heavy atom. The Balaban J connectivity index is 1.49. The van der Waals surface area contributed by atoms with Crippen molar-refractivity contribution in [2.75, 3.05) is 37.7 Å². The number of hydrogen-bond acceptors (Lipinski definition) is 6. The summed E-state index contributed by atoms with van der Waals surface area (Å²) in [6.45, 7) is 5.76. The number of hydrogen-bond donors (Lipinski definition) is 1. The number of amides is 1. The highest BCUT2D eigenvalue weighted by atomic mass is 32.1. The Labute approximate surface area is 145 Å². The van der Waals surface area contributed by atoms with Gasteiger partial charge in [0.15, 0.2) is 0 Å². The fourth-order valence-corrected chi connectivity index (χ4v) is 3.43. The number of ether oxygens (including phenoxy) is 1. The summed E-state index contributed by atoms with van der Waals surface area (Å²) in [6, 6.07) is 3.79. The van der Waals surface area contributed by atoms with E-state index in [1.165, 1.54) is 0 Å². The van der Waals surface area contributed by atoms with E-state index in [4.69, 9.17) is 4.74 Å². The van der Waals surface area contributed by atoms with Crippen LogP contribution in [0.25, 0.3) is 0 Å². The number of pyridine rings is 1. The minimum Gasteiger partial charge on any atom is -0.378 e. The maximum absolute atomic E-state index is 12.3. The highest BCUT2D eigenvalue weighted by Gasteiger charge is 2.14. The molecule has 0 atom stereocenters. The van der Waals surface area contributed by atoms with Gasteiger partial charge < -0.3 is 15.0 Å². The second kappa shape index (κ2) is 8.21. The Kier molecular flexibility index (Phi) is 5.77. The first-order chi connectivity index (χ1) is 11.7. The van der Waals surface area contributed by atoms with Crippen LogP contribution in [-0.4, -0.2) is 48.7 Å². The molecule has 0 saturated carbocycles. The minimum absolute atomic E-state index is 0.125. The Morgan fingerprint density at radius 2 is 2.25 bits per heavy atom. The van der Waals surface area contributed by atoms with Crippen LogP contribution in [0.5, 0.6) is 0 Å². The molecule has 1 N–H and O–H groups in total. The smallest absolute Gasteiger partial charge is 0.269 e. The zero-order valence-electron chi connectivity index (χ0n) is 13.8. The molecule has 0 bridgehead atoms. The summed E-state index contributed by atoms with van der Waals surface area (Å²) in [5.74, 6) is -0.125. The molecule has 0 aliphatic carbocycles. The maximum Gasteiger partial charge on any atom is 0.269 e. The van der Waals surface area contributed by atoms with Crippen molar-refractivity contribution >= 4 is 22.9 Å².